The number of carbonyl (C=O) groups excluding carboxylic acids is 1. The number of amides is 1. The van der Waals surface area contributed by atoms with Crippen molar-refractivity contribution in [3.8, 4) is 11.5 Å². The Kier molecular flexibility index (Phi) is 4.53. The molecule has 0 aliphatic heterocycles. The maximum Gasteiger partial charge on any atom is 0.238 e. The van der Waals surface area contributed by atoms with Gasteiger partial charge in [0.1, 0.15) is 11.5 Å². The predicted octanol–water partition coefficient (Wildman–Crippen LogP) is 2.27. The fraction of sp³-hybridized carbons (Fsp3) is 0.133. The average molecular weight is 256 g/mol. The molecule has 0 saturated carbocycles. The first kappa shape index (κ1) is 13.1. The fourth-order valence-electron chi connectivity index (χ4n) is 1.67. The third-order valence-corrected chi connectivity index (χ3v) is 2.53. The Balaban J connectivity index is 1.97. The number of rotatable bonds is 5. The van der Waals surface area contributed by atoms with Gasteiger partial charge in [-0.25, -0.2) is 5.43 Å². The molecule has 0 aliphatic carbocycles. The summed E-state index contributed by atoms with van der Waals surface area (Å²) in [5.74, 6) is 1.48. The van der Waals surface area contributed by atoms with E-state index in [1.165, 1.54) is 0 Å². The van der Waals surface area contributed by atoms with Crippen molar-refractivity contribution in [1.29, 1.82) is 0 Å². The minimum atomic E-state index is -0.0702. The van der Waals surface area contributed by atoms with Gasteiger partial charge in [-0.15, -0.1) is 0 Å². The summed E-state index contributed by atoms with van der Waals surface area (Å²) in [6, 6.07) is 17.1. The molecule has 4 nitrogen and oxygen atoms in total. The van der Waals surface area contributed by atoms with E-state index in [-0.39, 0.29) is 5.91 Å². The molecule has 0 fully saturated rings. The second-order valence-electron chi connectivity index (χ2n) is 4.03. The molecule has 4 heteroatoms. The first-order valence-electron chi connectivity index (χ1n) is 6.05. The Hall–Kier alpha value is -2.33. The lowest BCUT2D eigenvalue weighted by atomic mass is 10.1. The molecule has 2 aromatic carbocycles. The summed E-state index contributed by atoms with van der Waals surface area (Å²) >= 11 is 0. The number of para-hydroxylation sites is 1. The van der Waals surface area contributed by atoms with Gasteiger partial charge in [0.2, 0.25) is 5.91 Å². The quantitative estimate of drug-likeness (QED) is 0.807. The van der Waals surface area contributed by atoms with Gasteiger partial charge in [0, 0.05) is 7.05 Å². The highest BCUT2D eigenvalue weighted by atomic mass is 16.5. The molecule has 0 spiro atoms. The van der Waals surface area contributed by atoms with Crippen molar-refractivity contribution in [2.75, 3.05) is 7.05 Å². The lowest BCUT2D eigenvalue weighted by Crippen LogP contribution is -2.35. The van der Waals surface area contributed by atoms with E-state index in [9.17, 15) is 4.79 Å². The monoisotopic (exact) mass is 256 g/mol. The number of hydrazine groups is 1. The van der Waals surface area contributed by atoms with Crippen LogP contribution in [0.3, 0.4) is 0 Å². The summed E-state index contributed by atoms with van der Waals surface area (Å²) < 4.78 is 5.67. The van der Waals surface area contributed by atoms with Crippen LogP contribution in [0.15, 0.2) is 54.6 Å². The van der Waals surface area contributed by atoms with Crippen molar-refractivity contribution in [1.82, 2.24) is 10.9 Å². The van der Waals surface area contributed by atoms with E-state index in [0.29, 0.717) is 6.42 Å². The van der Waals surface area contributed by atoms with Gasteiger partial charge in [0.05, 0.1) is 6.42 Å². The molecule has 0 atom stereocenters. The van der Waals surface area contributed by atoms with Crippen molar-refractivity contribution >= 4 is 5.91 Å². The van der Waals surface area contributed by atoms with E-state index in [1.807, 2.05) is 54.6 Å². The Labute approximate surface area is 112 Å². The van der Waals surface area contributed by atoms with Crippen LogP contribution in [-0.2, 0) is 11.2 Å². The number of nitrogens with one attached hydrogen (secondary N) is 2. The Morgan fingerprint density at radius 1 is 1.00 bits per heavy atom. The van der Waals surface area contributed by atoms with Crippen LogP contribution in [0.2, 0.25) is 0 Å². The van der Waals surface area contributed by atoms with Gasteiger partial charge in [-0.2, -0.15) is 0 Å². The maximum absolute atomic E-state index is 11.4. The van der Waals surface area contributed by atoms with Crippen molar-refractivity contribution in [2.24, 2.45) is 0 Å². The first-order chi connectivity index (χ1) is 9.28. The molecule has 19 heavy (non-hydrogen) atoms. The Bertz CT molecular complexity index is 524. The van der Waals surface area contributed by atoms with Gasteiger partial charge in [0.15, 0.2) is 0 Å². The van der Waals surface area contributed by atoms with Gasteiger partial charge in [-0.05, 0) is 29.8 Å². The van der Waals surface area contributed by atoms with E-state index >= 15 is 0 Å². The highest BCUT2D eigenvalue weighted by Crippen LogP contribution is 2.21. The molecule has 0 bridgehead atoms. The summed E-state index contributed by atoms with van der Waals surface area (Å²) in [4.78, 5) is 11.4. The van der Waals surface area contributed by atoms with Gasteiger partial charge >= 0.3 is 0 Å². The first-order valence-corrected chi connectivity index (χ1v) is 6.05. The van der Waals surface area contributed by atoms with Crippen molar-refractivity contribution in [3.05, 3.63) is 60.2 Å². The third kappa shape index (κ3) is 4.12. The number of ether oxygens (including phenoxy) is 1. The summed E-state index contributed by atoms with van der Waals surface area (Å²) in [5, 5.41) is 0. The zero-order valence-electron chi connectivity index (χ0n) is 10.7. The number of benzene rings is 2. The molecule has 0 saturated heterocycles. The maximum atomic E-state index is 11.4. The molecule has 2 rings (SSSR count). The molecule has 0 aromatic heterocycles. The molecular weight excluding hydrogens is 240 g/mol. The second kappa shape index (κ2) is 6.56. The average Bonchev–Trinajstić information content (AvgIpc) is 2.42. The molecule has 2 aromatic rings. The molecular formula is C15H16N2O2. The van der Waals surface area contributed by atoms with Crippen LogP contribution >= 0.6 is 0 Å². The van der Waals surface area contributed by atoms with Crippen LogP contribution in [0, 0.1) is 0 Å². The topological polar surface area (TPSA) is 50.4 Å². The number of hydrogen-bond donors (Lipinski definition) is 2. The van der Waals surface area contributed by atoms with E-state index in [1.54, 1.807) is 7.05 Å². The Morgan fingerprint density at radius 2 is 1.63 bits per heavy atom. The second-order valence-corrected chi connectivity index (χ2v) is 4.03. The molecule has 0 aliphatic rings. The normalized spacial score (nSPS) is 9.95. The molecule has 0 heterocycles. The number of carbonyl (C=O) groups is 1. The largest absolute Gasteiger partial charge is 0.457 e. The summed E-state index contributed by atoms with van der Waals surface area (Å²) in [6.07, 6.45) is 0.340. The van der Waals surface area contributed by atoms with Crippen LogP contribution in [0.5, 0.6) is 11.5 Å². The summed E-state index contributed by atoms with van der Waals surface area (Å²) in [5.41, 5.74) is 6.07. The summed E-state index contributed by atoms with van der Waals surface area (Å²) in [7, 11) is 1.66. The van der Waals surface area contributed by atoms with E-state index in [4.69, 9.17) is 4.74 Å². The van der Waals surface area contributed by atoms with Crippen molar-refractivity contribution < 1.29 is 9.53 Å². The lowest BCUT2D eigenvalue weighted by molar-refractivity contribution is -0.121. The van der Waals surface area contributed by atoms with Crippen LogP contribution in [0.1, 0.15) is 5.56 Å². The van der Waals surface area contributed by atoms with E-state index < -0.39 is 0 Å². The molecule has 0 unspecified atom stereocenters. The minimum Gasteiger partial charge on any atom is -0.457 e. The van der Waals surface area contributed by atoms with Gasteiger partial charge in [-0.3, -0.25) is 10.2 Å². The fourth-order valence-corrected chi connectivity index (χ4v) is 1.67. The highest BCUT2D eigenvalue weighted by Gasteiger charge is 2.02. The van der Waals surface area contributed by atoms with E-state index in [2.05, 4.69) is 10.9 Å². The zero-order valence-corrected chi connectivity index (χ0v) is 10.7. The van der Waals surface area contributed by atoms with Gasteiger partial charge < -0.3 is 4.74 Å². The van der Waals surface area contributed by atoms with Crippen LogP contribution in [0.25, 0.3) is 0 Å². The molecule has 0 radical (unpaired) electrons. The predicted molar refractivity (Wildman–Crippen MR) is 73.9 cm³/mol. The van der Waals surface area contributed by atoms with Crippen molar-refractivity contribution in [2.45, 2.75) is 6.42 Å². The minimum absolute atomic E-state index is 0.0702. The lowest BCUT2D eigenvalue weighted by Gasteiger charge is -2.07. The molecule has 98 valence electrons. The Morgan fingerprint density at radius 3 is 2.26 bits per heavy atom. The smallest absolute Gasteiger partial charge is 0.238 e. The zero-order chi connectivity index (χ0) is 13.5. The van der Waals surface area contributed by atoms with Crippen LogP contribution in [0.4, 0.5) is 0 Å². The van der Waals surface area contributed by atoms with Gasteiger partial charge in [0.25, 0.3) is 0 Å². The van der Waals surface area contributed by atoms with Crippen LogP contribution in [-0.4, -0.2) is 13.0 Å². The third-order valence-electron chi connectivity index (χ3n) is 2.53. The molecule has 2 N–H and O–H groups in total. The van der Waals surface area contributed by atoms with E-state index in [0.717, 1.165) is 17.1 Å². The summed E-state index contributed by atoms with van der Waals surface area (Å²) in [6.45, 7) is 0. The van der Waals surface area contributed by atoms with Crippen molar-refractivity contribution in [3.63, 3.8) is 0 Å². The highest BCUT2D eigenvalue weighted by molar-refractivity contribution is 5.78. The van der Waals surface area contributed by atoms with Crippen LogP contribution < -0.4 is 15.6 Å². The molecule has 1 amide bonds. The number of hydrogen-bond acceptors (Lipinski definition) is 3. The van der Waals surface area contributed by atoms with Gasteiger partial charge in [-0.1, -0.05) is 30.3 Å². The standard InChI is InChI=1S/C15H16N2O2/c1-16-17-15(18)11-12-7-9-14(10-8-12)19-13-5-3-2-4-6-13/h2-10,16H,11H2,1H3,(H,17,18). The SMILES string of the molecule is CNNC(=O)Cc1ccc(Oc2ccccc2)cc1.